The number of aliphatic hydroxyl groups is 1. The number of benzene rings is 1. The summed E-state index contributed by atoms with van der Waals surface area (Å²) in [6.45, 7) is 3.86. The number of carbonyl (C=O) groups is 2. The fourth-order valence-electron chi connectivity index (χ4n) is 5.63. The minimum atomic E-state index is -0.990. The van der Waals surface area contributed by atoms with Gasteiger partial charge in [0.1, 0.15) is 11.9 Å². The normalized spacial score (nSPS) is 24.5. The highest BCUT2D eigenvalue weighted by Gasteiger charge is 2.45. The second-order valence-electron chi connectivity index (χ2n) is 9.37. The number of aliphatic hydroxyl groups excluding tert-OH is 1. The lowest BCUT2D eigenvalue weighted by Crippen LogP contribution is -2.29. The predicted octanol–water partition coefficient (Wildman–Crippen LogP) is 4.76. The Labute approximate surface area is 196 Å². The Balaban J connectivity index is 1.64. The number of carbonyl (C=O) groups excluding carboxylic acids is 1. The molecule has 1 fully saturated rings. The minimum Gasteiger partial charge on any atom is -0.482 e. The zero-order valence-corrected chi connectivity index (χ0v) is 19.8. The maximum atomic E-state index is 11.9. The number of carboxylic acids is 1. The van der Waals surface area contributed by atoms with E-state index in [1.165, 1.54) is 5.56 Å². The molecule has 184 valence electrons. The van der Waals surface area contributed by atoms with Gasteiger partial charge in [-0.25, -0.2) is 9.59 Å². The van der Waals surface area contributed by atoms with Crippen molar-refractivity contribution in [1.82, 2.24) is 0 Å². The van der Waals surface area contributed by atoms with Gasteiger partial charge in [0.05, 0.1) is 12.7 Å². The Morgan fingerprint density at radius 1 is 1.15 bits per heavy atom. The molecule has 1 aromatic rings. The average Bonchev–Trinajstić information content (AvgIpc) is 3.08. The molecule has 0 bridgehead atoms. The SMILES string of the molecule is CCCCC[C@@H](CC[C@@H]1[C@H]2Cc3cccc(OCC(=O)O)c3C[C@H]2C[C@H]1O)OC(=O)OCC. The van der Waals surface area contributed by atoms with Gasteiger partial charge >= 0.3 is 12.1 Å². The van der Waals surface area contributed by atoms with Gasteiger partial charge in [0.25, 0.3) is 0 Å². The summed E-state index contributed by atoms with van der Waals surface area (Å²) in [7, 11) is 0. The van der Waals surface area contributed by atoms with Crippen LogP contribution in [0, 0.1) is 17.8 Å². The van der Waals surface area contributed by atoms with Crippen molar-refractivity contribution < 1.29 is 34.0 Å². The zero-order chi connectivity index (χ0) is 23.8. The van der Waals surface area contributed by atoms with E-state index in [1.54, 1.807) is 6.92 Å². The van der Waals surface area contributed by atoms with Crippen LogP contribution in [0.4, 0.5) is 4.79 Å². The summed E-state index contributed by atoms with van der Waals surface area (Å²) >= 11 is 0. The third kappa shape index (κ3) is 6.85. The predicted molar refractivity (Wildman–Crippen MR) is 123 cm³/mol. The number of hydrogen-bond acceptors (Lipinski definition) is 6. The molecule has 0 aliphatic heterocycles. The van der Waals surface area contributed by atoms with Crippen LogP contribution < -0.4 is 4.74 Å². The fraction of sp³-hybridized carbons (Fsp3) is 0.692. The van der Waals surface area contributed by atoms with E-state index in [1.807, 2.05) is 12.1 Å². The smallest absolute Gasteiger partial charge is 0.482 e. The Morgan fingerprint density at radius 2 is 1.97 bits per heavy atom. The molecule has 1 aromatic carbocycles. The summed E-state index contributed by atoms with van der Waals surface area (Å²) in [5, 5.41) is 19.9. The van der Waals surface area contributed by atoms with E-state index in [9.17, 15) is 14.7 Å². The van der Waals surface area contributed by atoms with Crippen molar-refractivity contribution in [2.45, 2.75) is 83.8 Å². The van der Waals surface area contributed by atoms with Gasteiger partial charge in [0.15, 0.2) is 6.61 Å². The number of ether oxygens (including phenoxy) is 3. The zero-order valence-electron chi connectivity index (χ0n) is 19.8. The number of hydrogen-bond donors (Lipinski definition) is 2. The standard InChI is InChI=1S/C26H38O7/c1-3-5-6-9-19(33-26(30)31-4-2)11-12-20-21-13-17-8-7-10-24(32-16-25(28)29)22(17)14-18(21)15-23(20)27/h7-8,10,18-21,23,27H,3-6,9,11-16H2,1-2H3,(H,28,29)/t18-,19-,20+,21-,23+/m0/s1. The van der Waals surface area contributed by atoms with Gasteiger partial charge in [-0.1, -0.05) is 31.9 Å². The van der Waals surface area contributed by atoms with Gasteiger partial charge in [-0.15, -0.1) is 0 Å². The lowest BCUT2D eigenvalue weighted by atomic mass is 9.73. The number of rotatable bonds is 12. The first-order chi connectivity index (χ1) is 15.9. The molecule has 0 amide bonds. The molecule has 7 heteroatoms. The first-order valence-corrected chi connectivity index (χ1v) is 12.4. The van der Waals surface area contributed by atoms with Crippen LogP contribution in [0.3, 0.4) is 0 Å². The van der Waals surface area contributed by atoms with E-state index in [0.29, 0.717) is 24.2 Å². The molecule has 0 radical (unpaired) electrons. The average molecular weight is 463 g/mol. The summed E-state index contributed by atoms with van der Waals surface area (Å²) in [6.07, 6.45) is 6.77. The van der Waals surface area contributed by atoms with E-state index in [4.69, 9.17) is 19.3 Å². The van der Waals surface area contributed by atoms with Crippen molar-refractivity contribution in [3.63, 3.8) is 0 Å². The maximum absolute atomic E-state index is 11.9. The van der Waals surface area contributed by atoms with Gasteiger partial charge in [-0.2, -0.15) is 0 Å². The Kier molecular flexibility index (Phi) is 9.41. The molecule has 1 saturated carbocycles. The van der Waals surface area contributed by atoms with Gasteiger partial charge in [0.2, 0.25) is 0 Å². The summed E-state index contributed by atoms with van der Waals surface area (Å²) < 4.78 is 16.1. The number of unbranched alkanes of at least 4 members (excludes halogenated alkanes) is 2. The molecule has 5 atom stereocenters. The molecule has 2 N–H and O–H groups in total. The molecular weight excluding hydrogens is 424 g/mol. The molecule has 7 nitrogen and oxygen atoms in total. The van der Waals surface area contributed by atoms with E-state index in [2.05, 4.69) is 13.0 Å². The highest BCUT2D eigenvalue weighted by atomic mass is 16.7. The quantitative estimate of drug-likeness (QED) is 0.341. The summed E-state index contributed by atoms with van der Waals surface area (Å²) in [4.78, 5) is 22.8. The van der Waals surface area contributed by atoms with Crippen LogP contribution in [-0.2, 0) is 27.1 Å². The van der Waals surface area contributed by atoms with Gasteiger partial charge in [-0.05, 0) is 86.8 Å². The molecule has 0 saturated heterocycles. The summed E-state index contributed by atoms with van der Waals surface area (Å²) in [6, 6.07) is 5.82. The fourth-order valence-corrected chi connectivity index (χ4v) is 5.63. The molecule has 0 unspecified atom stereocenters. The van der Waals surface area contributed by atoms with Crippen molar-refractivity contribution in [3.05, 3.63) is 29.3 Å². The van der Waals surface area contributed by atoms with Gasteiger partial charge < -0.3 is 24.4 Å². The van der Waals surface area contributed by atoms with Crippen LogP contribution in [-0.4, -0.2) is 47.8 Å². The molecule has 2 aliphatic carbocycles. The number of aliphatic carboxylic acids is 1. The number of fused-ring (bicyclic) bond motifs is 2. The molecule has 3 rings (SSSR count). The second-order valence-corrected chi connectivity index (χ2v) is 9.37. The highest BCUT2D eigenvalue weighted by Crippen LogP contribution is 2.48. The van der Waals surface area contributed by atoms with Crippen molar-refractivity contribution in [2.75, 3.05) is 13.2 Å². The maximum Gasteiger partial charge on any atom is 0.508 e. The minimum absolute atomic E-state index is 0.159. The van der Waals surface area contributed by atoms with E-state index in [-0.39, 0.29) is 24.7 Å². The van der Waals surface area contributed by atoms with Crippen LogP contribution >= 0.6 is 0 Å². The molecule has 0 aromatic heterocycles. The first kappa shape index (κ1) is 25.3. The molecule has 33 heavy (non-hydrogen) atoms. The Morgan fingerprint density at radius 3 is 2.70 bits per heavy atom. The monoisotopic (exact) mass is 462 g/mol. The van der Waals surface area contributed by atoms with Crippen LogP contribution in [0.5, 0.6) is 5.75 Å². The lowest BCUT2D eigenvalue weighted by Gasteiger charge is -2.32. The third-order valence-corrected chi connectivity index (χ3v) is 7.17. The lowest BCUT2D eigenvalue weighted by molar-refractivity contribution is -0.139. The Hall–Kier alpha value is -2.28. The van der Waals surface area contributed by atoms with Gasteiger partial charge in [-0.3, -0.25) is 0 Å². The first-order valence-electron chi connectivity index (χ1n) is 12.4. The van der Waals surface area contributed by atoms with Crippen molar-refractivity contribution >= 4 is 12.1 Å². The van der Waals surface area contributed by atoms with Crippen LogP contribution in [0.25, 0.3) is 0 Å². The van der Waals surface area contributed by atoms with Crippen molar-refractivity contribution in [3.8, 4) is 5.75 Å². The van der Waals surface area contributed by atoms with Crippen LogP contribution in [0.15, 0.2) is 18.2 Å². The summed E-state index contributed by atoms with van der Waals surface area (Å²) in [5.74, 6) is 0.519. The van der Waals surface area contributed by atoms with Crippen molar-refractivity contribution in [2.24, 2.45) is 17.8 Å². The van der Waals surface area contributed by atoms with Crippen LogP contribution in [0.1, 0.15) is 69.9 Å². The van der Waals surface area contributed by atoms with Crippen molar-refractivity contribution in [1.29, 1.82) is 0 Å². The van der Waals surface area contributed by atoms with E-state index in [0.717, 1.165) is 63.4 Å². The molecule has 0 spiro atoms. The van der Waals surface area contributed by atoms with E-state index >= 15 is 0 Å². The second kappa shape index (κ2) is 12.3. The molecule has 0 heterocycles. The molecule has 2 aliphatic rings. The topological polar surface area (TPSA) is 102 Å². The van der Waals surface area contributed by atoms with Gasteiger partial charge in [0, 0.05) is 0 Å². The largest absolute Gasteiger partial charge is 0.508 e. The highest BCUT2D eigenvalue weighted by molar-refractivity contribution is 5.68. The van der Waals surface area contributed by atoms with E-state index < -0.39 is 12.1 Å². The molecular formula is C26H38O7. The Bertz CT molecular complexity index is 793. The summed E-state index contributed by atoms with van der Waals surface area (Å²) in [5.41, 5.74) is 2.26. The third-order valence-electron chi connectivity index (χ3n) is 7.17. The van der Waals surface area contributed by atoms with Crippen LogP contribution in [0.2, 0.25) is 0 Å². The number of carboxylic acid groups (broad SMARTS) is 1.